The lowest BCUT2D eigenvalue weighted by molar-refractivity contribution is 0.415. The highest BCUT2D eigenvalue weighted by atomic mass is 16.5. The Labute approximate surface area is 140 Å². The molecule has 2 aromatic heterocycles. The van der Waals surface area contributed by atoms with Gasteiger partial charge in [0.1, 0.15) is 11.3 Å². The molecule has 1 saturated heterocycles. The predicted octanol–water partition coefficient (Wildman–Crippen LogP) is 2.33. The van der Waals surface area contributed by atoms with Gasteiger partial charge in [-0.05, 0) is 43.2 Å². The summed E-state index contributed by atoms with van der Waals surface area (Å²) < 4.78 is 7.12. The summed E-state index contributed by atoms with van der Waals surface area (Å²) in [5, 5.41) is 4.69. The molecular weight excluding hydrogens is 302 g/mol. The van der Waals surface area contributed by atoms with Crippen molar-refractivity contribution >= 4 is 11.3 Å². The van der Waals surface area contributed by atoms with Gasteiger partial charge in [-0.1, -0.05) is 0 Å². The van der Waals surface area contributed by atoms with Crippen LogP contribution in [0.2, 0.25) is 0 Å². The third-order valence-corrected chi connectivity index (χ3v) is 4.59. The van der Waals surface area contributed by atoms with Gasteiger partial charge in [-0.25, -0.2) is 9.50 Å². The van der Waals surface area contributed by atoms with E-state index < -0.39 is 0 Å². The number of fused-ring (bicyclic) bond motifs is 1. The van der Waals surface area contributed by atoms with Crippen LogP contribution in [-0.2, 0) is 0 Å². The Morgan fingerprint density at radius 3 is 2.62 bits per heavy atom. The highest BCUT2D eigenvalue weighted by Gasteiger charge is 2.20. The van der Waals surface area contributed by atoms with Crippen molar-refractivity contribution in [3.05, 3.63) is 42.7 Å². The number of ether oxygens (including phenoxy) is 1. The van der Waals surface area contributed by atoms with Crippen molar-refractivity contribution < 1.29 is 4.74 Å². The molecule has 3 heterocycles. The second-order valence-electron chi connectivity index (χ2n) is 6.16. The van der Waals surface area contributed by atoms with E-state index in [0.29, 0.717) is 6.04 Å². The SMILES string of the molecule is COc1ccc(-c2cc3c(N4CCC(N)CC4)nccn3n2)cc1. The monoisotopic (exact) mass is 323 g/mol. The van der Waals surface area contributed by atoms with Crippen molar-refractivity contribution in [1.29, 1.82) is 0 Å². The Hall–Kier alpha value is -2.60. The molecule has 1 aliphatic rings. The zero-order chi connectivity index (χ0) is 16.5. The molecule has 0 radical (unpaired) electrons. The molecule has 0 atom stereocenters. The second kappa shape index (κ2) is 6.13. The van der Waals surface area contributed by atoms with Gasteiger partial charge in [-0.2, -0.15) is 5.10 Å². The molecular formula is C18H21N5O. The molecule has 24 heavy (non-hydrogen) atoms. The number of nitrogens with zero attached hydrogens (tertiary/aromatic N) is 4. The van der Waals surface area contributed by atoms with Crippen LogP contribution in [0.4, 0.5) is 5.82 Å². The first kappa shape index (κ1) is 15.0. The van der Waals surface area contributed by atoms with E-state index in [-0.39, 0.29) is 0 Å². The van der Waals surface area contributed by atoms with Gasteiger partial charge in [0.15, 0.2) is 5.82 Å². The molecule has 3 aromatic rings. The molecule has 0 amide bonds. The summed E-state index contributed by atoms with van der Waals surface area (Å²) in [6.07, 6.45) is 5.70. The van der Waals surface area contributed by atoms with Crippen LogP contribution < -0.4 is 15.4 Å². The Morgan fingerprint density at radius 1 is 1.17 bits per heavy atom. The number of hydrogen-bond acceptors (Lipinski definition) is 5. The highest BCUT2D eigenvalue weighted by molar-refractivity contribution is 5.75. The maximum Gasteiger partial charge on any atom is 0.154 e. The van der Waals surface area contributed by atoms with Crippen LogP contribution in [0.15, 0.2) is 42.7 Å². The fourth-order valence-corrected chi connectivity index (χ4v) is 3.17. The van der Waals surface area contributed by atoms with Crippen LogP contribution in [0.3, 0.4) is 0 Å². The highest BCUT2D eigenvalue weighted by Crippen LogP contribution is 2.27. The van der Waals surface area contributed by atoms with Gasteiger partial charge in [0.2, 0.25) is 0 Å². The van der Waals surface area contributed by atoms with Crippen LogP contribution in [0.5, 0.6) is 5.75 Å². The summed E-state index contributed by atoms with van der Waals surface area (Å²) in [6, 6.07) is 10.3. The number of nitrogens with two attached hydrogens (primary N) is 1. The van der Waals surface area contributed by atoms with Crippen molar-refractivity contribution in [2.45, 2.75) is 18.9 Å². The molecule has 0 spiro atoms. The largest absolute Gasteiger partial charge is 0.497 e. The Morgan fingerprint density at radius 2 is 1.92 bits per heavy atom. The van der Waals surface area contributed by atoms with Crippen molar-refractivity contribution in [2.24, 2.45) is 5.73 Å². The normalized spacial score (nSPS) is 15.8. The number of anilines is 1. The lowest BCUT2D eigenvalue weighted by Gasteiger charge is -2.31. The number of methoxy groups -OCH3 is 1. The van der Waals surface area contributed by atoms with Crippen molar-refractivity contribution in [1.82, 2.24) is 14.6 Å². The van der Waals surface area contributed by atoms with Gasteiger partial charge in [0.25, 0.3) is 0 Å². The lowest BCUT2D eigenvalue weighted by atomic mass is 10.1. The Kier molecular flexibility index (Phi) is 3.82. The second-order valence-corrected chi connectivity index (χ2v) is 6.16. The number of piperidine rings is 1. The van der Waals surface area contributed by atoms with E-state index in [1.807, 2.05) is 41.2 Å². The van der Waals surface area contributed by atoms with Crippen LogP contribution in [0, 0.1) is 0 Å². The third kappa shape index (κ3) is 2.69. The Bertz CT molecular complexity index is 834. The first-order valence-electron chi connectivity index (χ1n) is 8.24. The van der Waals surface area contributed by atoms with Crippen LogP contribution in [0.25, 0.3) is 16.8 Å². The average molecular weight is 323 g/mol. The van der Waals surface area contributed by atoms with E-state index in [2.05, 4.69) is 16.0 Å². The van der Waals surface area contributed by atoms with Gasteiger partial charge >= 0.3 is 0 Å². The van der Waals surface area contributed by atoms with Gasteiger partial charge < -0.3 is 15.4 Å². The molecule has 6 nitrogen and oxygen atoms in total. The van der Waals surface area contributed by atoms with Crippen LogP contribution in [0.1, 0.15) is 12.8 Å². The summed E-state index contributed by atoms with van der Waals surface area (Å²) in [5.41, 5.74) is 9.04. The topological polar surface area (TPSA) is 68.7 Å². The third-order valence-electron chi connectivity index (χ3n) is 4.59. The van der Waals surface area contributed by atoms with E-state index in [1.165, 1.54) is 0 Å². The minimum Gasteiger partial charge on any atom is -0.497 e. The molecule has 1 aliphatic heterocycles. The summed E-state index contributed by atoms with van der Waals surface area (Å²) in [4.78, 5) is 6.90. The molecule has 0 unspecified atom stereocenters. The number of benzene rings is 1. The maximum atomic E-state index is 6.02. The van der Waals surface area contributed by atoms with Crippen molar-refractivity contribution in [3.8, 4) is 17.0 Å². The van der Waals surface area contributed by atoms with E-state index in [1.54, 1.807) is 7.11 Å². The summed E-state index contributed by atoms with van der Waals surface area (Å²) in [6.45, 7) is 1.88. The number of hydrogen-bond donors (Lipinski definition) is 1. The quantitative estimate of drug-likeness (QED) is 0.801. The standard InChI is InChI=1S/C18H21N5O/c1-24-15-4-2-13(3-5-15)16-12-17-18(20-8-11-23(17)21-16)22-9-6-14(19)7-10-22/h2-5,8,11-12,14H,6-7,9-10,19H2,1H3. The van der Waals surface area contributed by atoms with E-state index in [9.17, 15) is 0 Å². The fraction of sp³-hybridized carbons (Fsp3) is 0.333. The summed E-state index contributed by atoms with van der Waals surface area (Å²) in [5.74, 6) is 1.83. The zero-order valence-electron chi connectivity index (χ0n) is 13.7. The smallest absolute Gasteiger partial charge is 0.154 e. The maximum absolute atomic E-state index is 6.02. The lowest BCUT2D eigenvalue weighted by Crippen LogP contribution is -2.40. The average Bonchev–Trinajstić information content (AvgIpc) is 3.07. The van der Waals surface area contributed by atoms with Crippen LogP contribution in [-0.4, -0.2) is 40.8 Å². The Balaban J connectivity index is 1.71. The molecule has 6 heteroatoms. The van der Waals surface area contributed by atoms with Crippen molar-refractivity contribution in [2.75, 3.05) is 25.1 Å². The zero-order valence-corrected chi connectivity index (χ0v) is 13.7. The van der Waals surface area contributed by atoms with Gasteiger partial charge in [0.05, 0.1) is 12.8 Å². The number of aromatic nitrogens is 3. The van der Waals surface area contributed by atoms with Gasteiger partial charge in [-0.15, -0.1) is 0 Å². The first-order chi connectivity index (χ1) is 11.7. The van der Waals surface area contributed by atoms with E-state index in [0.717, 1.165) is 54.3 Å². The molecule has 0 bridgehead atoms. The molecule has 4 rings (SSSR count). The molecule has 2 N–H and O–H groups in total. The van der Waals surface area contributed by atoms with E-state index >= 15 is 0 Å². The predicted molar refractivity (Wildman–Crippen MR) is 94.4 cm³/mol. The summed E-state index contributed by atoms with van der Waals surface area (Å²) >= 11 is 0. The molecule has 1 fully saturated rings. The van der Waals surface area contributed by atoms with Crippen molar-refractivity contribution in [3.63, 3.8) is 0 Å². The number of rotatable bonds is 3. The summed E-state index contributed by atoms with van der Waals surface area (Å²) in [7, 11) is 1.67. The molecule has 0 saturated carbocycles. The van der Waals surface area contributed by atoms with Gasteiger partial charge in [-0.3, -0.25) is 0 Å². The van der Waals surface area contributed by atoms with E-state index in [4.69, 9.17) is 15.6 Å². The fourth-order valence-electron chi connectivity index (χ4n) is 3.17. The molecule has 1 aromatic carbocycles. The molecule has 0 aliphatic carbocycles. The van der Waals surface area contributed by atoms with Gasteiger partial charge in [0, 0.05) is 37.1 Å². The minimum atomic E-state index is 0.306. The minimum absolute atomic E-state index is 0.306. The first-order valence-corrected chi connectivity index (χ1v) is 8.24. The molecule has 124 valence electrons. The van der Waals surface area contributed by atoms with Crippen LogP contribution >= 0.6 is 0 Å².